The van der Waals surface area contributed by atoms with Crippen molar-refractivity contribution >= 4 is 33.4 Å². The highest BCUT2D eigenvalue weighted by atomic mass is 31.2. The Morgan fingerprint density at radius 3 is 1.98 bits per heavy atom. The highest BCUT2D eigenvalue weighted by Crippen LogP contribution is 2.44. The van der Waals surface area contributed by atoms with Gasteiger partial charge >= 0.3 is 27.6 Å². The lowest BCUT2D eigenvalue weighted by Crippen LogP contribution is -2.29. The molecule has 0 saturated heterocycles. The maximum atomic E-state index is 12.8. The van der Waals surface area contributed by atoms with E-state index in [0.29, 0.717) is 32.1 Å². The molecule has 0 aliphatic heterocycles. The van der Waals surface area contributed by atoms with Gasteiger partial charge in [0.2, 0.25) is 0 Å². The summed E-state index contributed by atoms with van der Waals surface area (Å²) in [5, 5.41) is 30.5. The number of carbonyl (C=O) groups excluding carboxylic acids is 3. The average molecular weight is 923 g/mol. The third kappa shape index (κ3) is 31.5. The van der Waals surface area contributed by atoms with Crippen molar-refractivity contribution in [2.75, 3.05) is 26.4 Å². The molecule has 1 aliphatic rings. The van der Waals surface area contributed by atoms with Gasteiger partial charge in [-0.25, -0.2) is 9.13 Å². The lowest BCUT2D eigenvalue weighted by molar-refractivity contribution is -0.161. The van der Waals surface area contributed by atoms with Gasteiger partial charge < -0.3 is 39.5 Å². The zero-order valence-corrected chi connectivity index (χ0v) is 38.7. The predicted molar refractivity (Wildman–Crippen MR) is 235 cm³/mol. The minimum absolute atomic E-state index is 0.0515. The smallest absolute Gasteiger partial charge is 0.462 e. The lowest BCUT2D eigenvalue weighted by Gasteiger charge is -2.20. The largest absolute Gasteiger partial charge is 0.472 e. The first kappa shape index (κ1) is 57.7. The molecule has 16 nitrogen and oxygen atoms in total. The average Bonchev–Trinajstić information content (AvgIpc) is 3.49. The number of unbranched alkanes of at least 4 members (excludes halogenated alkanes) is 11. The predicted octanol–water partition coefficient (Wildman–Crippen LogP) is 8.04. The van der Waals surface area contributed by atoms with E-state index in [1.165, 1.54) is 19.3 Å². The van der Waals surface area contributed by atoms with Gasteiger partial charge in [0.15, 0.2) is 6.10 Å². The van der Waals surface area contributed by atoms with Gasteiger partial charge in [0.05, 0.1) is 32.0 Å². The van der Waals surface area contributed by atoms with E-state index in [0.717, 1.165) is 64.2 Å². The molecule has 0 aromatic rings. The van der Waals surface area contributed by atoms with Crippen LogP contribution in [0.2, 0.25) is 0 Å². The molecule has 0 spiro atoms. The number of rotatable bonds is 38. The number of hydrogen-bond acceptors (Lipinski definition) is 13. The minimum atomic E-state index is -4.90. The Bertz CT molecular complexity index is 1440. The molecule has 1 fully saturated rings. The van der Waals surface area contributed by atoms with Crippen LogP contribution in [0.1, 0.15) is 149 Å². The Morgan fingerprint density at radius 1 is 0.710 bits per heavy atom. The maximum Gasteiger partial charge on any atom is 0.472 e. The fourth-order valence-electron chi connectivity index (χ4n) is 6.53. The van der Waals surface area contributed by atoms with Gasteiger partial charge in [-0.15, -0.1) is 0 Å². The van der Waals surface area contributed by atoms with Crippen LogP contribution >= 0.6 is 15.6 Å². The van der Waals surface area contributed by atoms with Crippen LogP contribution in [0.5, 0.6) is 0 Å². The van der Waals surface area contributed by atoms with Crippen molar-refractivity contribution in [1.82, 2.24) is 0 Å². The SMILES string of the molecule is CCCCC/C=C\C/C=C\CCCCCCCC(=O)OC[C@H](COP(=O)(O)OC[C@@H](O)COP(=O)(O)O)OC(=O)CCC/C=C\C[C@H]1C(=O)C[C@@H](O)[C@@H]1/C=C/[C@@H](O)CCCCC. The number of phosphoric acid groups is 2. The van der Waals surface area contributed by atoms with Gasteiger partial charge in [-0.1, -0.05) is 114 Å². The molecule has 1 unspecified atom stereocenters. The molecular formula is C44H76O16P2. The van der Waals surface area contributed by atoms with Gasteiger partial charge in [-0.2, -0.15) is 0 Å². The van der Waals surface area contributed by atoms with Crippen LogP contribution in [0.4, 0.5) is 0 Å². The molecule has 1 rings (SSSR count). The van der Waals surface area contributed by atoms with Crippen LogP contribution in [0.3, 0.4) is 0 Å². The van der Waals surface area contributed by atoms with Crippen molar-refractivity contribution < 1.29 is 76.6 Å². The summed E-state index contributed by atoms with van der Waals surface area (Å²) in [7, 11) is -9.79. The fraction of sp³-hybridized carbons (Fsp3) is 0.750. The number of Topliss-reactive ketones (excluding diaryl/α,β-unsaturated/α-hetero) is 1. The van der Waals surface area contributed by atoms with Crippen molar-refractivity contribution in [1.29, 1.82) is 0 Å². The van der Waals surface area contributed by atoms with Crippen LogP contribution in [0.25, 0.3) is 0 Å². The van der Waals surface area contributed by atoms with E-state index in [9.17, 15) is 43.7 Å². The summed E-state index contributed by atoms with van der Waals surface area (Å²) in [4.78, 5) is 65.5. The number of ether oxygens (including phenoxy) is 2. The highest BCUT2D eigenvalue weighted by molar-refractivity contribution is 7.47. The molecule has 0 heterocycles. The third-order valence-corrected chi connectivity index (χ3v) is 11.5. The molecule has 0 aromatic heterocycles. The summed E-state index contributed by atoms with van der Waals surface area (Å²) in [6.07, 6.45) is 27.5. The zero-order valence-electron chi connectivity index (χ0n) is 36.9. The highest BCUT2D eigenvalue weighted by Gasteiger charge is 2.39. The fourth-order valence-corrected chi connectivity index (χ4v) is 7.69. The van der Waals surface area contributed by atoms with Gasteiger partial charge in [0.1, 0.15) is 18.5 Å². The van der Waals surface area contributed by atoms with E-state index < -0.39 is 90.3 Å². The molecule has 358 valence electrons. The maximum absolute atomic E-state index is 12.8. The molecule has 0 bridgehead atoms. The van der Waals surface area contributed by atoms with E-state index in [4.69, 9.17) is 23.8 Å². The number of phosphoric ester groups is 2. The van der Waals surface area contributed by atoms with Crippen molar-refractivity contribution in [2.45, 2.75) is 173 Å². The topological polar surface area (TPSA) is 253 Å². The molecule has 18 heteroatoms. The summed E-state index contributed by atoms with van der Waals surface area (Å²) in [6.45, 7) is 1.30. The number of ketones is 1. The third-order valence-electron chi connectivity index (χ3n) is 10.0. The second-order valence-corrected chi connectivity index (χ2v) is 18.4. The molecule has 62 heavy (non-hydrogen) atoms. The molecule has 0 radical (unpaired) electrons. The van der Waals surface area contributed by atoms with Crippen LogP contribution in [-0.4, -0.2) is 98.6 Å². The molecule has 1 aliphatic carbocycles. The summed E-state index contributed by atoms with van der Waals surface area (Å²) in [5.41, 5.74) is 0. The van der Waals surface area contributed by atoms with E-state index in [2.05, 4.69) is 47.2 Å². The van der Waals surface area contributed by atoms with Crippen molar-refractivity contribution in [3.8, 4) is 0 Å². The Kier molecular flexibility index (Phi) is 32.6. The van der Waals surface area contributed by atoms with Crippen molar-refractivity contribution in [3.05, 3.63) is 48.6 Å². The molecule has 6 N–H and O–H groups in total. The van der Waals surface area contributed by atoms with Crippen LogP contribution < -0.4 is 0 Å². The molecule has 0 aromatic carbocycles. The Hall–Kier alpha value is -2.33. The summed E-state index contributed by atoms with van der Waals surface area (Å²) >= 11 is 0. The summed E-state index contributed by atoms with van der Waals surface area (Å²) in [5.74, 6) is -2.13. The van der Waals surface area contributed by atoms with E-state index in [-0.39, 0.29) is 25.0 Å². The number of esters is 2. The molecule has 1 saturated carbocycles. The second-order valence-electron chi connectivity index (χ2n) is 15.7. The monoisotopic (exact) mass is 922 g/mol. The molecule has 7 atom stereocenters. The standard InChI is InChI=1S/C44H76O16P2/c1-3-5-7-8-9-10-11-12-13-14-15-16-17-18-23-27-43(49)56-34-38(35-59-62(54,55)58-33-37(46)32-57-61(51,52)53)60-44(50)28-24-20-19-22-26-39-40(42(48)31-41(39)47)30-29-36(45)25-21-6-4-2/h9-10,12-13,19,22,29-30,36-40,42,45-46,48H,3-8,11,14-18,20-21,23-28,31-35H2,1-2H3,(H,54,55)(H2,51,52,53)/b10-9-,13-12-,22-19-,30-29+/t36-,37-,38+,39+,40+,42+/m0/s1. The Balaban J connectivity index is 2.59. The number of carbonyl (C=O) groups is 3. The van der Waals surface area contributed by atoms with Gasteiger partial charge in [-0.05, 0) is 64.2 Å². The number of hydrogen-bond donors (Lipinski definition) is 6. The Labute approximate surface area is 369 Å². The normalized spacial score (nSPS) is 19.8. The summed E-state index contributed by atoms with van der Waals surface area (Å²) in [6, 6.07) is 0. The number of aliphatic hydroxyl groups is 3. The minimum Gasteiger partial charge on any atom is -0.462 e. The zero-order chi connectivity index (χ0) is 46.1. The lowest BCUT2D eigenvalue weighted by atomic mass is 9.90. The first-order valence-corrected chi connectivity index (χ1v) is 25.5. The number of allylic oxidation sites excluding steroid dienone is 6. The molecule has 0 amide bonds. The van der Waals surface area contributed by atoms with Crippen LogP contribution in [0.15, 0.2) is 48.6 Å². The van der Waals surface area contributed by atoms with Crippen molar-refractivity contribution in [2.24, 2.45) is 11.8 Å². The summed E-state index contributed by atoms with van der Waals surface area (Å²) < 4.78 is 47.7. The van der Waals surface area contributed by atoms with Gasteiger partial charge in [0.25, 0.3) is 0 Å². The first-order valence-electron chi connectivity index (χ1n) is 22.4. The number of aliphatic hydroxyl groups excluding tert-OH is 3. The van der Waals surface area contributed by atoms with Crippen molar-refractivity contribution in [3.63, 3.8) is 0 Å². The van der Waals surface area contributed by atoms with Gasteiger partial charge in [-0.3, -0.25) is 28.0 Å². The second kappa shape index (κ2) is 35.0. The van der Waals surface area contributed by atoms with E-state index in [1.807, 2.05) is 12.2 Å². The van der Waals surface area contributed by atoms with Crippen LogP contribution in [-0.2, 0) is 46.6 Å². The molecular weight excluding hydrogens is 846 g/mol. The quantitative estimate of drug-likeness (QED) is 0.0148. The van der Waals surface area contributed by atoms with E-state index >= 15 is 0 Å². The first-order chi connectivity index (χ1) is 29.6. The van der Waals surface area contributed by atoms with Gasteiger partial charge in [0, 0.05) is 31.1 Å². The van der Waals surface area contributed by atoms with E-state index in [1.54, 1.807) is 12.2 Å². The van der Waals surface area contributed by atoms with Crippen LogP contribution in [0, 0.1) is 11.8 Å². The Morgan fingerprint density at radius 2 is 1.29 bits per heavy atom.